The van der Waals surface area contributed by atoms with Crippen molar-refractivity contribution in [1.82, 2.24) is 0 Å². The highest BCUT2D eigenvalue weighted by Gasteiger charge is 2.23. The van der Waals surface area contributed by atoms with E-state index in [4.69, 9.17) is 16.3 Å². The normalized spacial score (nSPS) is 15.3. The van der Waals surface area contributed by atoms with Gasteiger partial charge in [-0.1, -0.05) is 11.6 Å². The van der Waals surface area contributed by atoms with Gasteiger partial charge >= 0.3 is 0 Å². The number of aryl methyl sites for hydroxylation is 1. The van der Waals surface area contributed by atoms with Gasteiger partial charge < -0.3 is 9.84 Å². The summed E-state index contributed by atoms with van der Waals surface area (Å²) < 4.78 is 5.62. The number of rotatable bonds is 2. The molecule has 1 unspecified atom stereocenters. The first-order valence-electron chi connectivity index (χ1n) is 5.84. The minimum Gasteiger partial charge on any atom is -0.493 e. The minimum atomic E-state index is -0.658. The van der Waals surface area contributed by atoms with Crippen LogP contribution >= 0.6 is 22.9 Å². The maximum Gasteiger partial charge on any atom is 0.128 e. The van der Waals surface area contributed by atoms with E-state index >= 15 is 0 Å². The van der Waals surface area contributed by atoms with E-state index in [1.807, 2.05) is 25.1 Å². The first-order chi connectivity index (χ1) is 8.65. The van der Waals surface area contributed by atoms with E-state index in [1.165, 1.54) is 4.88 Å². The summed E-state index contributed by atoms with van der Waals surface area (Å²) in [6, 6.07) is 7.67. The summed E-state index contributed by atoms with van der Waals surface area (Å²) in [6.07, 6.45) is 0.202. The number of aliphatic hydroxyl groups excluding tert-OH is 1. The van der Waals surface area contributed by atoms with Gasteiger partial charge in [-0.25, -0.2) is 0 Å². The molecule has 0 aliphatic carbocycles. The molecule has 1 N–H and O–H groups in total. The SMILES string of the molecule is Cc1ccc(C(O)c2cc(Cl)cc3c2OCC3)s1. The van der Waals surface area contributed by atoms with Gasteiger partial charge in [0.25, 0.3) is 0 Å². The second-order valence-electron chi connectivity index (χ2n) is 4.43. The molecule has 1 aliphatic rings. The van der Waals surface area contributed by atoms with Crippen LogP contribution < -0.4 is 4.74 Å². The van der Waals surface area contributed by atoms with Crippen LogP contribution in [0.4, 0.5) is 0 Å². The van der Waals surface area contributed by atoms with Crippen LogP contribution in [-0.4, -0.2) is 11.7 Å². The van der Waals surface area contributed by atoms with Crippen molar-refractivity contribution in [2.75, 3.05) is 6.61 Å². The van der Waals surface area contributed by atoms with E-state index in [0.717, 1.165) is 28.2 Å². The van der Waals surface area contributed by atoms with Crippen LogP contribution in [0.2, 0.25) is 5.02 Å². The third-order valence-electron chi connectivity index (χ3n) is 3.10. The monoisotopic (exact) mass is 280 g/mol. The van der Waals surface area contributed by atoms with E-state index in [-0.39, 0.29) is 0 Å². The zero-order valence-corrected chi connectivity index (χ0v) is 11.5. The first kappa shape index (κ1) is 12.0. The van der Waals surface area contributed by atoms with E-state index < -0.39 is 6.10 Å². The van der Waals surface area contributed by atoms with Crippen molar-refractivity contribution in [3.63, 3.8) is 0 Å². The molecule has 2 heterocycles. The summed E-state index contributed by atoms with van der Waals surface area (Å²) in [5.41, 5.74) is 1.86. The largest absolute Gasteiger partial charge is 0.493 e. The van der Waals surface area contributed by atoms with Crippen molar-refractivity contribution >= 4 is 22.9 Å². The molecule has 3 rings (SSSR count). The van der Waals surface area contributed by atoms with Crippen LogP contribution in [0, 0.1) is 6.92 Å². The van der Waals surface area contributed by atoms with Gasteiger partial charge in [0.2, 0.25) is 0 Å². The fourth-order valence-corrected chi connectivity index (χ4v) is 3.39. The maximum absolute atomic E-state index is 10.5. The Morgan fingerprint density at radius 1 is 1.39 bits per heavy atom. The molecule has 94 valence electrons. The van der Waals surface area contributed by atoms with Crippen molar-refractivity contribution in [3.05, 3.63) is 50.2 Å². The Morgan fingerprint density at radius 2 is 2.22 bits per heavy atom. The molecule has 4 heteroatoms. The van der Waals surface area contributed by atoms with Gasteiger partial charge in [0.15, 0.2) is 0 Å². The molecular formula is C14H13ClO2S. The Bertz CT molecular complexity index is 591. The molecule has 0 fully saturated rings. The van der Waals surface area contributed by atoms with Crippen LogP contribution in [0.3, 0.4) is 0 Å². The second-order valence-corrected chi connectivity index (χ2v) is 6.19. The highest BCUT2D eigenvalue weighted by Crippen LogP contribution is 2.39. The van der Waals surface area contributed by atoms with E-state index in [1.54, 1.807) is 17.4 Å². The van der Waals surface area contributed by atoms with Gasteiger partial charge in [-0.2, -0.15) is 0 Å². The van der Waals surface area contributed by atoms with Crippen LogP contribution in [0.25, 0.3) is 0 Å². The topological polar surface area (TPSA) is 29.5 Å². The molecule has 18 heavy (non-hydrogen) atoms. The summed E-state index contributed by atoms with van der Waals surface area (Å²) >= 11 is 7.70. The number of halogens is 1. The lowest BCUT2D eigenvalue weighted by Gasteiger charge is -2.14. The number of fused-ring (bicyclic) bond motifs is 1. The maximum atomic E-state index is 10.5. The standard InChI is InChI=1S/C14H13ClO2S/c1-8-2-3-12(18-8)13(16)11-7-10(15)6-9-4-5-17-14(9)11/h2-3,6-7,13,16H,4-5H2,1H3. The van der Waals surface area contributed by atoms with Gasteiger partial charge in [-0.3, -0.25) is 0 Å². The molecule has 0 spiro atoms. The highest BCUT2D eigenvalue weighted by molar-refractivity contribution is 7.12. The first-order valence-corrected chi connectivity index (χ1v) is 7.04. The molecule has 2 nitrogen and oxygen atoms in total. The molecule has 0 radical (unpaired) electrons. The number of aliphatic hydroxyl groups is 1. The Morgan fingerprint density at radius 3 is 2.94 bits per heavy atom. The smallest absolute Gasteiger partial charge is 0.128 e. The van der Waals surface area contributed by atoms with Crippen LogP contribution in [0.5, 0.6) is 5.75 Å². The van der Waals surface area contributed by atoms with Crippen LogP contribution in [-0.2, 0) is 6.42 Å². The Labute approximate surface area is 115 Å². The summed E-state index contributed by atoms with van der Waals surface area (Å²) in [4.78, 5) is 2.11. The van der Waals surface area contributed by atoms with E-state index in [0.29, 0.717) is 11.6 Å². The summed E-state index contributed by atoms with van der Waals surface area (Å²) in [6.45, 7) is 2.69. The Hall–Kier alpha value is -1.03. The molecule has 1 aromatic heterocycles. The number of hydrogen-bond acceptors (Lipinski definition) is 3. The zero-order chi connectivity index (χ0) is 12.7. The van der Waals surface area contributed by atoms with Gasteiger partial charge in [0, 0.05) is 26.8 Å². The van der Waals surface area contributed by atoms with Gasteiger partial charge in [0.1, 0.15) is 11.9 Å². The lowest BCUT2D eigenvalue weighted by Crippen LogP contribution is -2.00. The lowest BCUT2D eigenvalue weighted by molar-refractivity contribution is 0.217. The van der Waals surface area contributed by atoms with Crippen molar-refractivity contribution in [1.29, 1.82) is 0 Å². The van der Waals surface area contributed by atoms with E-state index in [2.05, 4.69) is 0 Å². The van der Waals surface area contributed by atoms with Crippen LogP contribution in [0.15, 0.2) is 24.3 Å². The quantitative estimate of drug-likeness (QED) is 0.908. The third-order valence-corrected chi connectivity index (χ3v) is 4.37. The summed E-state index contributed by atoms with van der Waals surface area (Å²) in [7, 11) is 0. The number of benzene rings is 1. The second kappa shape index (κ2) is 4.57. The number of thiophene rings is 1. The summed E-state index contributed by atoms with van der Waals surface area (Å²) in [5.74, 6) is 0.804. The molecule has 0 saturated carbocycles. The zero-order valence-electron chi connectivity index (χ0n) is 9.94. The third kappa shape index (κ3) is 2.03. The molecule has 1 aliphatic heterocycles. The predicted molar refractivity (Wildman–Crippen MR) is 73.8 cm³/mol. The molecule has 1 atom stereocenters. The van der Waals surface area contributed by atoms with Crippen molar-refractivity contribution in [2.45, 2.75) is 19.4 Å². The molecule has 0 bridgehead atoms. The predicted octanol–water partition coefficient (Wildman–Crippen LogP) is 3.73. The van der Waals surface area contributed by atoms with Crippen molar-refractivity contribution in [3.8, 4) is 5.75 Å². The lowest BCUT2D eigenvalue weighted by atomic mass is 10.0. The average Bonchev–Trinajstić information content (AvgIpc) is 2.95. The fourth-order valence-electron chi connectivity index (χ4n) is 2.25. The highest BCUT2D eigenvalue weighted by atomic mass is 35.5. The number of ether oxygens (including phenoxy) is 1. The van der Waals surface area contributed by atoms with Gasteiger partial charge in [-0.05, 0) is 36.8 Å². The Kier molecular flexibility index (Phi) is 3.06. The summed E-state index contributed by atoms with van der Waals surface area (Å²) in [5, 5.41) is 11.1. The van der Waals surface area contributed by atoms with Crippen LogP contribution in [0.1, 0.15) is 27.0 Å². The average molecular weight is 281 g/mol. The molecule has 1 aromatic carbocycles. The number of hydrogen-bond donors (Lipinski definition) is 1. The molecule has 0 amide bonds. The van der Waals surface area contributed by atoms with Crippen molar-refractivity contribution < 1.29 is 9.84 Å². The van der Waals surface area contributed by atoms with Gasteiger partial charge in [-0.15, -0.1) is 11.3 Å². The van der Waals surface area contributed by atoms with Crippen molar-refractivity contribution in [2.24, 2.45) is 0 Å². The fraction of sp³-hybridized carbons (Fsp3) is 0.286. The molecule has 0 saturated heterocycles. The van der Waals surface area contributed by atoms with E-state index in [9.17, 15) is 5.11 Å². The molecule has 2 aromatic rings. The van der Waals surface area contributed by atoms with Gasteiger partial charge in [0.05, 0.1) is 6.61 Å². The Balaban J connectivity index is 2.06. The minimum absolute atomic E-state index is 0.654. The molecular weight excluding hydrogens is 268 g/mol.